The van der Waals surface area contributed by atoms with E-state index in [0.717, 1.165) is 65.9 Å². The van der Waals surface area contributed by atoms with Crippen molar-refractivity contribution in [1.29, 1.82) is 0 Å². The van der Waals surface area contributed by atoms with Gasteiger partial charge in [0.15, 0.2) is 5.58 Å². The van der Waals surface area contributed by atoms with E-state index in [2.05, 4.69) is 41.2 Å². The molecular weight excluding hydrogens is 426 g/mol. The molecule has 3 fully saturated rings. The third kappa shape index (κ3) is 5.60. The molecule has 0 bridgehead atoms. The van der Waals surface area contributed by atoms with Gasteiger partial charge < -0.3 is 24.2 Å². The number of aliphatic hydroxyl groups excluding tert-OH is 1. The van der Waals surface area contributed by atoms with Gasteiger partial charge in [0.1, 0.15) is 5.75 Å². The molecule has 34 heavy (non-hydrogen) atoms. The lowest BCUT2D eigenvalue weighted by atomic mass is 9.84. The largest absolute Gasteiger partial charge is 0.493 e. The molecule has 2 heterocycles. The Morgan fingerprint density at radius 1 is 1.12 bits per heavy atom. The van der Waals surface area contributed by atoms with E-state index >= 15 is 0 Å². The van der Waals surface area contributed by atoms with E-state index in [1.54, 1.807) is 0 Å². The van der Waals surface area contributed by atoms with Crippen LogP contribution in [0.1, 0.15) is 69.0 Å². The number of nitrogens with zero attached hydrogens (tertiary/aromatic N) is 3. The Hall–Kier alpha value is -1.63. The van der Waals surface area contributed by atoms with Gasteiger partial charge in [0.2, 0.25) is 0 Å². The van der Waals surface area contributed by atoms with Crippen LogP contribution in [0.3, 0.4) is 0 Å². The molecule has 0 radical (unpaired) electrons. The number of fused-ring (bicyclic) bond motifs is 1. The summed E-state index contributed by atoms with van der Waals surface area (Å²) in [4.78, 5) is 4.78. The maximum Gasteiger partial charge on any atom is 0.175 e. The Bertz CT molecular complexity index is 938. The normalized spacial score (nSPS) is 21.6. The van der Waals surface area contributed by atoms with E-state index in [1.165, 1.54) is 70.9 Å². The fraction of sp³-hybridized carbons (Fsp3) is 0.750. The Labute approximate surface area is 204 Å². The highest BCUT2D eigenvalue weighted by Crippen LogP contribution is 2.39. The molecule has 1 aromatic carbocycles. The van der Waals surface area contributed by atoms with Gasteiger partial charge in [-0.1, -0.05) is 18.0 Å². The second kappa shape index (κ2) is 10.5. The summed E-state index contributed by atoms with van der Waals surface area (Å²) in [5.41, 5.74) is 3.30. The highest BCUT2D eigenvalue weighted by Gasteiger charge is 2.36. The molecule has 1 aromatic heterocycles. The molecule has 188 valence electrons. The van der Waals surface area contributed by atoms with Crippen LogP contribution in [0, 0.1) is 17.3 Å². The van der Waals surface area contributed by atoms with Crippen LogP contribution >= 0.6 is 0 Å². The Kier molecular flexibility index (Phi) is 7.47. The van der Waals surface area contributed by atoms with E-state index in [0.29, 0.717) is 6.61 Å². The zero-order valence-electron chi connectivity index (χ0n) is 21.2. The van der Waals surface area contributed by atoms with Gasteiger partial charge in [0, 0.05) is 30.5 Å². The van der Waals surface area contributed by atoms with Crippen molar-refractivity contribution in [2.24, 2.45) is 17.3 Å². The van der Waals surface area contributed by atoms with Crippen molar-refractivity contribution in [2.75, 3.05) is 46.9 Å². The molecule has 1 N–H and O–H groups in total. The third-order valence-corrected chi connectivity index (χ3v) is 8.48. The lowest BCUT2D eigenvalue weighted by Gasteiger charge is -2.38. The zero-order chi connectivity index (χ0) is 23.5. The summed E-state index contributed by atoms with van der Waals surface area (Å²) < 4.78 is 12.1. The quantitative estimate of drug-likeness (QED) is 0.506. The van der Waals surface area contributed by atoms with Gasteiger partial charge in [-0.15, -0.1) is 0 Å². The Morgan fingerprint density at radius 3 is 2.56 bits per heavy atom. The first-order chi connectivity index (χ1) is 16.5. The number of ether oxygens (including phenoxy) is 1. The molecule has 2 saturated carbocycles. The van der Waals surface area contributed by atoms with Crippen molar-refractivity contribution in [1.82, 2.24) is 15.0 Å². The van der Waals surface area contributed by atoms with Crippen molar-refractivity contribution in [2.45, 2.75) is 70.8 Å². The molecule has 5 rings (SSSR count). The van der Waals surface area contributed by atoms with Crippen LogP contribution in [0.2, 0.25) is 0 Å². The first-order valence-corrected chi connectivity index (χ1v) is 13.6. The molecule has 0 atom stereocenters. The predicted octanol–water partition coefficient (Wildman–Crippen LogP) is 4.88. The van der Waals surface area contributed by atoms with Crippen molar-refractivity contribution >= 4 is 11.0 Å². The molecular formula is C28H43N3O3. The minimum atomic E-state index is 0.179. The van der Waals surface area contributed by atoms with Gasteiger partial charge in [-0.25, -0.2) is 0 Å². The average molecular weight is 470 g/mol. The number of piperidine rings is 1. The number of aromatic nitrogens is 1. The molecule has 6 nitrogen and oxygen atoms in total. The van der Waals surface area contributed by atoms with Crippen LogP contribution in [0.25, 0.3) is 11.0 Å². The highest BCUT2D eigenvalue weighted by atomic mass is 16.5. The van der Waals surface area contributed by atoms with Gasteiger partial charge in [-0.05, 0) is 103 Å². The van der Waals surface area contributed by atoms with Crippen LogP contribution in [-0.4, -0.2) is 67.0 Å². The SMILES string of the molecule is CN(C)Cc1c(OCC2CC2)ccc2c(CCC3CCN(CC4(CO)CCCC4)CC3)noc12. The number of rotatable bonds is 11. The van der Waals surface area contributed by atoms with E-state index in [4.69, 9.17) is 9.26 Å². The summed E-state index contributed by atoms with van der Waals surface area (Å²) in [5, 5.41) is 15.6. The van der Waals surface area contributed by atoms with E-state index in [9.17, 15) is 5.11 Å². The number of hydrogen-bond acceptors (Lipinski definition) is 6. The van der Waals surface area contributed by atoms with E-state index < -0.39 is 0 Å². The van der Waals surface area contributed by atoms with Gasteiger partial charge in [-0.2, -0.15) is 0 Å². The van der Waals surface area contributed by atoms with Crippen LogP contribution in [0.4, 0.5) is 0 Å². The highest BCUT2D eigenvalue weighted by molar-refractivity contribution is 5.84. The molecule has 6 heteroatoms. The summed E-state index contributed by atoms with van der Waals surface area (Å²) in [6.45, 7) is 5.38. The van der Waals surface area contributed by atoms with Crippen LogP contribution in [0.5, 0.6) is 5.75 Å². The lowest BCUT2D eigenvalue weighted by Crippen LogP contribution is -2.42. The third-order valence-electron chi connectivity index (χ3n) is 8.48. The van der Waals surface area contributed by atoms with Gasteiger partial charge >= 0.3 is 0 Å². The molecule has 2 aromatic rings. The molecule has 3 aliphatic rings. The Balaban J connectivity index is 1.18. The number of aryl methyl sites for hydroxylation is 1. The molecule has 0 spiro atoms. The maximum absolute atomic E-state index is 9.96. The van der Waals surface area contributed by atoms with Crippen LogP contribution in [-0.2, 0) is 13.0 Å². The van der Waals surface area contributed by atoms with E-state index in [1.807, 2.05) is 0 Å². The van der Waals surface area contributed by atoms with Gasteiger partial charge in [0.05, 0.1) is 17.9 Å². The van der Waals surface area contributed by atoms with Crippen LogP contribution in [0.15, 0.2) is 16.7 Å². The fourth-order valence-corrected chi connectivity index (χ4v) is 6.10. The average Bonchev–Trinajstić information content (AvgIpc) is 3.39. The molecule has 0 amide bonds. The molecule has 1 saturated heterocycles. The van der Waals surface area contributed by atoms with Crippen molar-refractivity contribution < 1.29 is 14.4 Å². The molecule has 2 aliphatic carbocycles. The van der Waals surface area contributed by atoms with Crippen molar-refractivity contribution in [3.63, 3.8) is 0 Å². The van der Waals surface area contributed by atoms with Crippen LogP contribution < -0.4 is 4.74 Å². The van der Waals surface area contributed by atoms with Gasteiger partial charge in [-0.3, -0.25) is 0 Å². The number of hydrogen-bond donors (Lipinski definition) is 1. The fourth-order valence-electron chi connectivity index (χ4n) is 6.10. The summed E-state index contributed by atoms with van der Waals surface area (Å²) in [6, 6.07) is 4.28. The van der Waals surface area contributed by atoms with E-state index in [-0.39, 0.29) is 5.41 Å². The standard InChI is InChI=1S/C28H43N3O3/c1-30(2)17-24-26(33-18-22-5-6-22)10-8-23-25(29-34-27(23)24)9-7-21-11-15-31(16-12-21)19-28(20-32)13-3-4-14-28/h8,10,21-22,32H,3-7,9,11-20H2,1-2H3. The van der Waals surface area contributed by atoms with Crippen molar-refractivity contribution in [3.05, 3.63) is 23.4 Å². The predicted molar refractivity (Wildman–Crippen MR) is 135 cm³/mol. The smallest absolute Gasteiger partial charge is 0.175 e. The minimum Gasteiger partial charge on any atom is -0.493 e. The maximum atomic E-state index is 9.96. The summed E-state index contributed by atoms with van der Waals surface area (Å²) >= 11 is 0. The summed E-state index contributed by atoms with van der Waals surface area (Å²) in [6.07, 6.45) is 12.2. The second-order valence-corrected chi connectivity index (χ2v) is 11.7. The minimum absolute atomic E-state index is 0.179. The number of likely N-dealkylation sites (tertiary alicyclic amines) is 1. The molecule has 0 unspecified atom stereocenters. The Morgan fingerprint density at radius 2 is 1.88 bits per heavy atom. The second-order valence-electron chi connectivity index (χ2n) is 11.7. The van der Waals surface area contributed by atoms with Gasteiger partial charge in [0.25, 0.3) is 0 Å². The summed E-state index contributed by atoms with van der Waals surface area (Å²) in [5.74, 6) is 2.43. The lowest BCUT2D eigenvalue weighted by molar-refractivity contribution is 0.0602. The zero-order valence-corrected chi connectivity index (χ0v) is 21.2. The monoisotopic (exact) mass is 469 g/mol. The molecule has 1 aliphatic heterocycles. The first kappa shape index (κ1) is 24.1. The number of benzene rings is 1. The first-order valence-electron chi connectivity index (χ1n) is 13.6. The summed E-state index contributed by atoms with van der Waals surface area (Å²) in [7, 11) is 4.17. The number of aliphatic hydroxyl groups is 1. The topological polar surface area (TPSA) is 62.0 Å². The van der Waals surface area contributed by atoms with Crippen molar-refractivity contribution in [3.8, 4) is 5.75 Å².